The molecule has 0 saturated carbocycles. The molecule has 132 valence electrons. The van der Waals surface area contributed by atoms with Crippen molar-refractivity contribution in [1.82, 2.24) is 19.7 Å². The maximum atomic E-state index is 5.78. The Balaban J connectivity index is 1.44. The minimum Gasteiger partial charge on any atom is -0.421 e. The molecule has 0 spiro atoms. The maximum Gasteiger partial charge on any atom is 0.247 e. The SMILES string of the molecule is CCCn1c(SCCc2nnc(-c3ccccc3)o2)nc2ccccc21. The fourth-order valence-electron chi connectivity index (χ4n) is 2.88. The average Bonchev–Trinajstić information content (AvgIpc) is 3.28. The lowest BCUT2D eigenvalue weighted by molar-refractivity contribution is 0.514. The van der Waals surface area contributed by atoms with Crippen LogP contribution in [0, 0.1) is 0 Å². The van der Waals surface area contributed by atoms with Crippen molar-refractivity contribution in [2.24, 2.45) is 0 Å². The van der Waals surface area contributed by atoms with Gasteiger partial charge in [0.05, 0.1) is 11.0 Å². The van der Waals surface area contributed by atoms with Crippen molar-refractivity contribution >= 4 is 22.8 Å². The number of fused-ring (bicyclic) bond motifs is 1. The van der Waals surface area contributed by atoms with Crippen molar-refractivity contribution < 1.29 is 4.42 Å². The van der Waals surface area contributed by atoms with Gasteiger partial charge in [0.25, 0.3) is 0 Å². The van der Waals surface area contributed by atoms with Crippen LogP contribution in [0.1, 0.15) is 19.2 Å². The highest BCUT2D eigenvalue weighted by Crippen LogP contribution is 2.25. The number of benzene rings is 2. The van der Waals surface area contributed by atoms with E-state index in [1.165, 1.54) is 5.52 Å². The van der Waals surface area contributed by atoms with Crippen LogP contribution in [0.3, 0.4) is 0 Å². The molecule has 0 aliphatic heterocycles. The van der Waals surface area contributed by atoms with Gasteiger partial charge in [0.1, 0.15) is 0 Å². The summed E-state index contributed by atoms with van der Waals surface area (Å²) in [5.74, 6) is 2.09. The monoisotopic (exact) mass is 364 g/mol. The lowest BCUT2D eigenvalue weighted by atomic mass is 10.2. The molecule has 0 unspecified atom stereocenters. The van der Waals surface area contributed by atoms with Gasteiger partial charge < -0.3 is 8.98 Å². The van der Waals surface area contributed by atoms with Gasteiger partial charge in [0.2, 0.25) is 11.8 Å². The van der Waals surface area contributed by atoms with Crippen LogP contribution in [-0.4, -0.2) is 25.5 Å². The van der Waals surface area contributed by atoms with Gasteiger partial charge in [-0.15, -0.1) is 10.2 Å². The Morgan fingerprint density at radius 1 is 1.00 bits per heavy atom. The standard InChI is InChI=1S/C20H20N4OS/c1-2-13-24-17-11-7-6-10-16(17)21-20(24)26-14-12-18-22-23-19(25-18)15-8-4-3-5-9-15/h3-11H,2,12-14H2,1H3. The van der Waals surface area contributed by atoms with Gasteiger partial charge in [-0.1, -0.05) is 49.0 Å². The maximum absolute atomic E-state index is 5.78. The highest BCUT2D eigenvalue weighted by molar-refractivity contribution is 7.99. The van der Waals surface area contributed by atoms with Crippen LogP contribution in [0.15, 0.2) is 64.2 Å². The Labute approximate surface area is 156 Å². The second-order valence-electron chi connectivity index (χ2n) is 6.00. The molecule has 5 nitrogen and oxygen atoms in total. The molecule has 6 heteroatoms. The van der Waals surface area contributed by atoms with E-state index in [0.29, 0.717) is 11.8 Å². The topological polar surface area (TPSA) is 56.7 Å². The number of aryl methyl sites for hydroxylation is 2. The minimum atomic E-state index is 0.573. The first-order valence-electron chi connectivity index (χ1n) is 8.81. The van der Waals surface area contributed by atoms with Gasteiger partial charge in [-0.25, -0.2) is 4.98 Å². The molecule has 2 aromatic carbocycles. The van der Waals surface area contributed by atoms with Crippen molar-refractivity contribution in [3.8, 4) is 11.5 Å². The number of rotatable bonds is 7. The highest BCUT2D eigenvalue weighted by Gasteiger charge is 2.12. The van der Waals surface area contributed by atoms with Crippen molar-refractivity contribution in [3.63, 3.8) is 0 Å². The summed E-state index contributed by atoms with van der Waals surface area (Å²) in [6.07, 6.45) is 1.80. The molecule has 2 aromatic heterocycles. The van der Waals surface area contributed by atoms with E-state index in [0.717, 1.165) is 41.4 Å². The summed E-state index contributed by atoms with van der Waals surface area (Å²) in [5, 5.41) is 9.37. The van der Waals surface area contributed by atoms with Gasteiger partial charge >= 0.3 is 0 Å². The molecular weight excluding hydrogens is 344 g/mol. The highest BCUT2D eigenvalue weighted by atomic mass is 32.2. The third-order valence-electron chi connectivity index (χ3n) is 4.10. The van der Waals surface area contributed by atoms with Crippen molar-refractivity contribution in [3.05, 3.63) is 60.5 Å². The third kappa shape index (κ3) is 3.51. The molecule has 0 amide bonds. The van der Waals surface area contributed by atoms with Gasteiger partial charge in [-0.2, -0.15) is 0 Å². The molecule has 0 bridgehead atoms. The first-order chi connectivity index (χ1) is 12.8. The Kier molecular flexibility index (Phi) is 5.02. The predicted octanol–water partition coefficient (Wildman–Crippen LogP) is 4.83. The Hall–Kier alpha value is -2.60. The molecule has 4 aromatic rings. The van der Waals surface area contributed by atoms with Gasteiger partial charge in [0.15, 0.2) is 5.16 Å². The number of hydrogen-bond donors (Lipinski definition) is 0. The van der Waals surface area contributed by atoms with E-state index >= 15 is 0 Å². The largest absolute Gasteiger partial charge is 0.421 e. The van der Waals surface area contributed by atoms with E-state index in [2.05, 4.69) is 39.9 Å². The summed E-state index contributed by atoms with van der Waals surface area (Å²) < 4.78 is 8.08. The second kappa shape index (κ2) is 7.74. The molecule has 0 aliphatic rings. The molecule has 0 atom stereocenters. The van der Waals surface area contributed by atoms with E-state index < -0.39 is 0 Å². The zero-order valence-electron chi connectivity index (χ0n) is 14.6. The lowest BCUT2D eigenvalue weighted by Gasteiger charge is -2.06. The van der Waals surface area contributed by atoms with Crippen molar-refractivity contribution in [2.75, 3.05) is 5.75 Å². The van der Waals surface area contributed by atoms with Crippen LogP contribution in [0.5, 0.6) is 0 Å². The van der Waals surface area contributed by atoms with E-state index in [-0.39, 0.29) is 0 Å². The van der Waals surface area contributed by atoms with Gasteiger partial charge in [-0.3, -0.25) is 0 Å². The molecule has 0 saturated heterocycles. The first kappa shape index (κ1) is 16.8. The van der Waals surface area contributed by atoms with Crippen LogP contribution >= 0.6 is 11.8 Å². The number of thioether (sulfide) groups is 1. The number of imidazole rings is 1. The molecule has 2 heterocycles. The molecule has 0 fully saturated rings. The molecular formula is C20H20N4OS. The second-order valence-corrected chi connectivity index (χ2v) is 7.06. The van der Waals surface area contributed by atoms with Crippen LogP contribution < -0.4 is 0 Å². The number of aromatic nitrogens is 4. The fourth-order valence-corrected chi connectivity index (χ4v) is 3.85. The average molecular weight is 364 g/mol. The quantitative estimate of drug-likeness (QED) is 0.440. The number of nitrogens with zero attached hydrogens (tertiary/aromatic N) is 4. The van der Waals surface area contributed by atoms with Crippen molar-refractivity contribution in [1.29, 1.82) is 0 Å². The summed E-state index contributed by atoms with van der Waals surface area (Å²) in [4.78, 5) is 4.77. The third-order valence-corrected chi connectivity index (χ3v) is 5.08. The summed E-state index contributed by atoms with van der Waals surface area (Å²) in [7, 11) is 0. The zero-order chi connectivity index (χ0) is 17.8. The number of hydrogen-bond acceptors (Lipinski definition) is 5. The molecule has 26 heavy (non-hydrogen) atoms. The predicted molar refractivity (Wildman–Crippen MR) is 104 cm³/mol. The summed E-state index contributed by atoms with van der Waals surface area (Å²) in [5.41, 5.74) is 3.19. The van der Waals surface area contributed by atoms with E-state index in [1.54, 1.807) is 11.8 Å². The summed E-state index contributed by atoms with van der Waals surface area (Å²) in [6, 6.07) is 18.1. The van der Waals surface area contributed by atoms with E-state index in [1.807, 2.05) is 36.4 Å². The number of para-hydroxylation sites is 2. The van der Waals surface area contributed by atoms with Crippen LogP contribution in [0.4, 0.5) is 0 Å². The normalized spacial score (nSPS) is 11.3. The molecule has 0 radical (unpaired) electrons. The minimum absolute atomic E-state index is 0.573. The van der Waals surface area contributed by atoms with Gasteiger partial charge in [0, 0.05) is 24.3 Å². The van der Waals surface area contributed by atoms with Crippen molar-refractivity contribution in [2.45, 2.75) is 31.5 Å². The summed E-state index contributed by atoms with van der Waals surface area (Å²) in [6.45, 7) is 3.16. The summed E-state index contributed by atoms with van der Waals surface area (Å²) >= 11 is 1.74. The fraction of sp³-hybridized carbons (Fsp3) is 0.250. The Morgan fingerprint density at radius 2 is 1.81 bits per heavy atom. The zero-order valence-corrected chi connectivity index (χ0v) is 15.4. The molecule has 0 aliphatic carbocycles. The van der Waals surface area contributed by atoms with Crippen LogP contribution in [0.25, 0.3) is 22.5 Å². The van der Waals surface area contributed by atoms with Gasteiger partial charge in [-0.05, 0) is 30.7 Å². The smallest absolute Gasteiger partial charge is 0.247 e. The van der Waals surface area contributed by atoms with Crippen LogP contribution in [-0.2, 0) is 13.0 Å². The first-order valence-corrected chi connectivity index (χ1v) is 9.79. The molecule has 4 rings (SSSR count). The van der Waals surface area contributed by atoms with E-state index in [4.69, 9.17) is 9.40 Å². The van der Waals surface area contributed by atoms with Crippen LogP contribution in [0.2, 0.25) is 0 Å². The molecule has 0 N–H and O–H groups in total. The Bertz CT molecular complexity index is 993. The van der Waals surface area contributed by atoms with E-state index in [9.17, 15) is 0 Å². The Morgan fingerprint density at radius 3 is 2.65 bits per heavy atom. The lowest BCUT2D eigenvalue weighted by Crippen LogP contribution is -2.00.